The number of carbonyl (C=O) groups excluding carboxylic acids is 4. The van der Waals surface area contributed by atoms with Gasteiger partial charge in [0.15, 0.2) is 6.61 Å². The van der Waals surface area contributed by atoms with E-state index in [4.69, 9.17) is 62.7 Å². The molecule has 0 spiro atoms. The number of hydrogen-bond donors (Lipinski definition) is 1. The number of imide groups is 1. The number of hydrogen-bond acceptors (Lipinski definition) is 5. The maximum Gasteiger partial charge on any atom is 0.326 e. The first-order chi connectivity index (χ1) is 14.1. The Morgan fingerprint density at radius 1 is 0.900 bits per heavy atom. The van der Waals surface area contributed by atoms with Gasteiger partial charge in [-0.05, 0) is 18.2 Å². The highest BCUT2D eigenvalue weighted by molar-refractivity contribution is 6.55. The molecule has 0 aromatic heterocycles. The molecule has 0 bridgehead atoms. The first kappa shape index (κ1) is 22.7. The van der Waals surface area contributed by atoms with E-state index in [2.05, 4.69) is 5.32 Å². The van der Waals surface area contributed by atoms with E-state index in [1.165, 1.54) is 6.07 Å². The topological polar surface area (TPSA) is 92.8 Å². The van der Waals surface area contributed by atoms with Crippen LogP contribution in [0.3, 0.4) is 0 Å². The molecule has 0 atom stereocenters. The van der Waals surface area contributed by atoms with Crippen LogP contribution in [0.25, 0.3) is 0 Å². The smallest absolute Gasteiger partial charge is 0.326 e. The van der Waals surface area contributed by atoms with Crippen LogP contribution >= 0.6 is 58.0 Å². The quantitative estimate of drug-likeness (QED) is 0.272. The maximum absolute atomic E-state index is 12.6. The second-order valence-corrected chi connectivity index (χ2v) is 7.87. The van der Waals surface area contributed by atoms with Crippen LogP contribution in [0.1, 0.15) is 20.7 Å². The number of carbonyl (C=O) groups is 4. The lowest BCUT2D eigenvalue weighted by atomic mass is 10.1. The Bertz CT molecular complexity index is 1060. The fourth-order valence-corrected chi connectivity index (χ4v) is 3.83. The molecule has 156 valence electrons. The monoisotopic (exact) mass is 508 g/mol. The summed E-state index contributed by atoms with van der Waals surface area (Å²) in [5.41, 5.74) is -0.109. The van der Waals surface area contributed by atoms with Gasteiger partial charge in [-0.15, -0.1) is 0 Å². The average Bonchev–Trinajstić information content (AvgIpc) is 2.94. The second kappa shape index (κ2) is 8.99. The summed E-state index contributed by atoms with van der Waals surface area (Å²) in [6, 6.07) is 6.34. The Kier molecular flexibility index (Phi) is 6.79. The summed E-state index contributed by atoms with van der Waals surface area (Å²) in [6.45, 7) is -1.41. The van der Waals surface area contributed by atoms with Crippen molar-refractivity contribution in [3.63, 3.8) is 0 Å². The summed E-state index contributed by atoms with van der Waals surface area (Å²) < 4.78 is 4.82. The third-order valence-corrected chi connectivity index (χ3v) is 5.98. The first-order valence-corrected chi connectivity index (χ1v) is 9.94. The van der Waals surface area contributed by atoms with Crippen LogP contribution in [-0.4, -0.2) is 41.7 Å². The largest absolute Gasteiger partial charge is 0.454 e. The number of anilines is 1. The standard InChI is InChI=1S/C18H9Cl5N2O5/c19-7-2-1-3-8(4-7)24-9(26)6-30-10(27)5-25-17(28)11-12(18(25)29)14(21)16(23)15(22)13(11)20/h1-4H,5-6H2,(H,24,26). The molecule has 1 aliphatic heterocycles. The Labute approximate surface area is 194 Å². The van der Waals surface area contributed by atoms with Gasteiger partial charge in [-0.25, -0.2) is 0 Å². The number of benzene rings is 2. The van der Waals surface area contributed by atoms with Crippen molar-refractivity contribution in [2.45, 2.75) is 0 Å². The third-order valence-electron chi connectivity index (χ3n) is 3.94. The predicted molar refractivity (Wildman–Crippen MR) is 113 cm³/mol. The van der Waals surface area contributed by atoms with Crippen molar-refractivity contribution < 1.29 is 23.9 Å². The molecule has 1 aliphatic rings. The molecule has 0 saturated heterocycles. The van der Waals surface area contributed by atoms with Crippen molar-refractivity contribution in [1.29, 1.82) is 0 Å². The van der Waals surface area contributed by atoms with Crippen molar-refractivity contribution in [3.8, 4) is 0 Å². The van der Waals surface area contributed by atoms with Crippen molar-refractivity contribution in [3.05, 3.63) is 60.5 Å². The van der Waals surface area contributed by atoms with E-state index in [1.807, 2.05) is 0 Å². The van der Waals surface area contributed by atoms with Crippen molar-refractivity contribution >= 4 is 87.4 Å². The SMILES string of the molecule is O=C(COC(=O)CN1C(=O)c2c(Cl)c(Cl)c(Cl)c(Cl)c2C1=O)Nc1cccc(Cl)c1. The van der Waals surface area contributed by atoms with E-state index in [0.29, 0.717) is 15.6 Å². The zero-order valence-corrected chi connectivity index (χ0v) is 18.4. The van der Waals surface area contributed by atoms with Crippen molar-refractivity contribution in [2.24, 2.45) is 0 Å². The highest BCUT2D eigenvalue weighted by Gasteiger charge is 2.42. The number of esters is 1. The van der Waals surface area contributed by atoms with Gasteiger partial charge in [0.25, 0.3) is 17.7 Å². The molecule has 7 nitrogen and oxygen atoms in total. The van der Waals surface area contributed by atoms with E-state index in [9.17, 15) is 19.2 Å². The molecule has 12 heteroatoms. The van der Waals surface area contributed by atoms with Crippen LogP contribution in [0.5, 0.6) is 0 Å². The Morgan fingerprint density at radius 3 is 2.00 bits per heavy atom. The molecule has 30 heavy (non-hydrogen) atoms. The second-order valence-electron chi connectivity index (χ2n) is 5.92. The van der Waals surface area contributed by atoms with Gasteiger partial charge in [0, 0.05) is 10.7 Å². The summed E-state index contributed by atoms with van der Waals surface area (Å²) >= 11 is 29.7. The van der Waals surface area contributed by atoms with Gasteiger partial charge in [-0.1, -0.05) is 64.1 Å². The molecular formula is C18H9Cl5N2O5. The fraction of sp³-hybridized carbons (Fsp3) is 0.111. The molecule has 0 radical (unpaired) electrons. The van der Waals surface area contributed by atoms with E-state index < -0.39 is 36.8 Å². The summed E-state index contributed by atoms with van der Waals surface area (Å²) in [5.74, 6) is -3.42. The molecule has 0 fully saturated rings. The van der Waals surface area contributed by atoms with Crippen LogP contribution in [0.15, 0.2) is 24.3 Å². The van der Waals surface area contributed by atoms with Gasteiger partial charge in [-0.3, -0.25) is 24.1 Å². The molecular weight excluding hydrogens is 501 g/mol. The number of nitrogens with one attached hydrogen (secondary N) is 1. The van der Waals surface area contributed by atoms with Crippen LogP contribution in [-0.2, 0) is 14.3 Å². The predicted octanol–water partition coefficient (Wildman–Crippen LogP) is 4.73. The lowest BCUT2D eigenvalue weighted by molar-refractivity contribution is -0.147. The molecule has 0 saturated carbocycles. The molecule has 0 unspecified atom stereocenters. The van der Waals surface area contributed by atoms with Gasteiger partial charge in [-0.2, -0.15) is 0 Å². The molecule has 0 aliphatic carbocycles. The molecule has 2 aromatic carbocycles. The van der Waals surface area contributed by atoms with Gasteiger partial charge < -0.3 is 10.1 Å². The summed E-state index contributed by atoms with van der Waals surface area (Å²) in [5, 5.41) is 2.00. The summed E-state index contributed by atoms with van der Waals surface area (Å²) in [4.78, 5) is 49.6. The van der Waals surface area contributed by atoms with E-state index in [1.54, 1.807) is 18.2 Å². The number of rotatable bonds is 5. The number of fused-ring (bicyclic) bond motifs is 1. The van der Waals surface area contributed by atoms with Crippen molar-refractivity contribution in [2.75, 3.05) is 18.5 Å². The van der Waals surface area contributed by atoms with Gasteiger partial charge >= 0.3 is 5.97 Å². The highest BCUT2D eigenvalue weighted by Crippen LogP contribution is 2.44. The van der Waals surface area contributed by atoms with Crippen LogP contribution < -0.4 is 5.32 Å². The molecule has 1 N–H and O–H groups in total. The molecule has 3 amide bonds. The Morgan fingerprint density at radius 2 is 1.47 bits per heavy atom. The van der Waals surface area contributed by atoms with Crippen LogP contribution in [0, 0.1) is 0 Å². The number of ether oxygens (including phenoxy) is 1. The van der Waals surface area contributed by atoms with Gasteiger partial charge in [0.05, 0.1) is 31.2 Å². The molecule has 3 rings (SSSR count). The fourth-order valence-electron chi connectivity index (χ4n) is 2.62. The normalized spacial score (nSPS) is 12.8. The van der Waals surface area contributed by atoms with E-state index >= 15 is 0 Å². The maximum atomic E-state index is 12.6. The minimum Gasteiger partial charge on any atom is -0.454 e. The summed E-state index contributed by atoms with van der Waals surface area (Å²) in [6.07, 6.45) is 0. The van der Waals surface area contributed by atoms with Gasteiger partial charge in [0.1, 0.15) is 6.54 Å². The molecule has 2 aromatic rings. The lowest BCUT2D eigenvalue weighted by Crippen LogP contribution is -2.36. The first-order valence-electron chi connectivity index (χ1n) is 8.05. The minimum absolute atomic E-state index is 0.189. The number of nitrogens with zero attached hydrogens (tertiary/aromatic N) is 1. The molecule has 1 heterocycles. The Balaban J connectivity index is 1.65. The third kappa shape index (κ3) is 4.36. The number of amides is 3. The average molecular weight is 511 g/mol. The summed E-state index contributed by atoms with van der Waals surface area (Å²) in [7, 11) is 0. The minimum atomic E-state index is -1.00. The van der Waals surface area contributed by atoms with Gasteiger partial charge in [0.2, 0.25) is 0 Å². The zero-order chi connectivity index (χ0) is 22.2. The van der Waals surface area contributed by atoms with E-state index in [0.717, 1.165) is 0 Å². The highest BCUT2D eigenvalue weighted by atomic mass is 35.5. The van der Waals surface area contributed by atoms with Crippen LogP contribution in [0.2, 0.25) is 25.1 Å². The van der Waals surface area contributed by atoms with Crippen LogP contribution in [0.4, 0.5) is 5.69 Å². The van der Waals surface area contributed by atoms with E-state index in [-0.39, 0.29) is 31.2 Å². The lowest BCUT2D eigenvalue weighted by Gasteiger charge is -2.13. The zero-order valence-electron chi connectivity index (χ0n) is 14.6. The number of halogens is 5. The Hall–Kier alpha value is -2.03. The van der Waals surface area contributed by atoms with Crippen molar-refractivity contribution in [1.82, 2.24) is 4.90 Å².